The van der Waals surface area contributed by atoms with Crippen LogP contribution in [-0.4, -0.2) is 29.4 Å². The van der Waals surface area contributed by atoms with Crippen LogP contribution in [0, 0.1) is 10.1 Å². The minimum absolute atomic E-state index is 0.106. The molecule has 11 heteroatoms. The molecule has 0 bridgehead atoms. The molecule has 1 atom stereocenters. The highest BCUT2D eigenvalue weighted by Gasteiger charge is 2.21. The number of carbonyl (C=O) groups excluding carboxylic acids is 2. The van der Waals surface area contributed by atoms with Gasteiger partial charge in [0.1, 0.15) is 16.5 Å². The lowest BCUT2D eigenvalue weighted by molar-refractivity contribution is -0.384. The van der Waals surface area contributed by atoms with Gasteiger partial charge in [-0.2, -0.15) is 0 Å². The summed E-state index contributed by atoms with van der Waals surface area (Å²) in [6, 6.07) is 8.67. The van der Waals surface area contributed by atoms with Crippen LogP contribution in [0.5, 0.6) is 11.5 Å². The molecule has 0 radical (unpaired) electrons. The predicted octanol–water partition coefficient (Wildman–Crippen LogP) is 3.53. The van der Waals surface area contributed by atoms with E-state index in [9.17, 15) is 19.7 Å². The Morgan fingerprint density at radius 2 is 1.72 bits per heavy atom. The van der Waals surface area contributed by atoms with Crippen molar-refractivity contribution in [3.05, 3.63) is 62.1 Å². The molecule has 0 aliphatic heterocycles. The summed E-state index contributed by atoms with van der Waals surface area (Å²) in [5.74, 6) is -0.403. The zero-order valence-corrected chi connectivity index (χ0v) is 16.9. The van der Waals surface area contributed by atoms with E-state index in [1.807, 2.05) is 6.92 Å². The van der Waals surface area contributed by atoms with Gasteiger partial charge in [0.25, 0.3) is 17.5 Å². The molecule has 0 aliphatic rings. The summed E-state index contributed by atoms with van der Waals surface area (Å²) in [6.45, 7) is 3.87. The SMILES string of the molecule is CCOc1ccc(O[C@H](C)C(=O)NNC(=O)c2cc([N+](=O)[O-])c(Cl)cc2Cl)cc1. The van der Waals surface area contributed by atoms with E-state index in [4.69, 9.17) is 32.7 Å². The molecule has 0 spiro atoms. The molecule has 2 aromatic rings. The molecule has 2 N–H and O–H groups in total. The Labute approximate surface area is 176 Å². The summed E-state index contributed by atoms with van der Waals surface area (Å²) in [5.41, 5.74) is 3.60. The number of nitro groups is 1. The monoisotopic (exact) mass is 441 g/mol. The molecule has 0 unspecified atom stereocenters. The lowest BCUT2D eigenvalue weighted by Gasteiger charge is -2.15. The van der Waals surface area contributed by atoms with Crippen LogP contribution in [0.2, 0.25) is 10.0 Å². The van der Waals surface area contributed by atoms with Crippen LogP contribution >= 0.6 is 23.2 Å². The van der Waals surface area contributed by atoms with E-state index in [-0.39, 0.29) is 15.6 Å². The van der Waals surface area contributed by atoms with Crippen LogP contribution in [0.3, 0.4) is 0 Å². The van der Waals surface area contributed by atoms with Gasteiger partial charge in [-0.15, -0.1) is 0 Å². The van der Waals surface area contributed by atoms with Crippen LogP contribution in [0.15, 0.2) is 36.4 Å². The molecule has 0 saturated carbocycles. The molecule has 0 saturated heterocycles. The fourth-order valence-corrected chi connectivity index (χ4v) is 2.72. The highest BCUT2D eigenvalue weighted by atomic mass is 35.5. The Hall–Kier alpha value is -3.04. The lowest BCUT2D eigenvalue weighted by Crippen LogP contribution is -2.47. The Morgan fingerprint density at radius 1 is 1.10 bits per heavy atom. The van der Waals surface area contributed by atoms with Gasteiger partial charge in [-0.3, -0.25) is 30.6 Å². The van der Waals surface area contributed by atoms with Crippen LogP contribution in [0.1, 0.15) is 24.2 Å². The van der Waals surface area contributed by atoms with Crippen molar-refractivity contribution in [3.8, 4) is 11.5 Å². The minimum atomic E-state index is -0.941. The maximum atomic E-state index is 12.2. The van der Waals surface area contributed by atoms with Crippen molar-refractivity contribution < 1.29 is 24.0 Å². The van der Waals surface area contributed by atoms with Gasteiger partial charge in [-0.1, -0.05) is 23.2 Å². The number of hydrazine groups is 1. The fraction of sp³-hybridized carbons (Fsp3) is 0.222. The van der Waals surface area contributed by atoms with E-state index in [0.717, 1.165) is 12.1 Å². The number of rotatable bonds is 7. The number of nitro benzene ring substituents is 1. The summed E-state index contributed by atoms with van der Waals surface area (Å²) in [5, 5.41) is 10.6. The highest BCUT2D eigenvalue weighted by molar-refractivity contribution is 6.37. The van der Waals surface area contributed by atoms with Crippen molar-refractivity contribution in [2.45, 2.75) is 20.0 Å². The lowest BCUT2D eigenvalue weighted by atomic mass is 10.2. The largest absolute Gasteiger partial charge is 0.494 e. The first-order chi connectivity index (χ1) is 13.7. The molecule has 0 aromatic heterocycles. The van der Waals surface area contributed by atoms with Crippen LogP contribution in [0.4, 0.5) is 5.69 Å². The molecular weight excluding hydrogens is 425 g/mol. The van der Waals surface area contributed by atoms with Crippen LogP contribution in [0.25, 0.3) is 0 Å². The quantitative estimate of drug-likeness (QED) is 0.500. The Bertz CT molecular complexity index is 921. The third-order valence-electron chi connectivity index (χ3n) is 3.59. The van der Waals surface area contributed by atoms with Gasteiger partial charge in [0.2, 0.25) is 0 Å². The number of nitrogens with one attached hydrogen (secondary N) is 2. The number of nitrogens with zero attached hydrogens (tertiary/aromatic N) is 1. The van der Waals surface area contributed by atoms with Gasteiger partial charge in [0.15, 0.2) is 6.10 Å². The standard InChI is InChI=1S/C18H17Cl2N3O6/c1-3-28-11-4-6-12(7-5-11)29-10(2)17(24)21-22-18(25)13-8-16(23(26)27)15(20)9-14(13)19/h4-10H,3H2,1-2H3,(H,21,24)(H,22,25)/t10-/m1/s1. The Morgan fingerprint density at radius 3 is 2.31 bits per heavy atom. The maximum absolute atomic E-state index is 12.2. The first-order valence-corrected chi connectivity index (χ1v) is 9.11. The number of hydrogen-bond donors (Lipinski definition) is 2. The van der Waals surface area contributed by atoms with E-state index in [1.54, 1.807) is 24.3 Å². The van der Waals surface area contributed by atoms with E-state index < -0.39 is 28.5 Å². The second-order valence-electron chi connectivity index (χ2n) is 5.65. The van der Waals surface area contributed by atoms with E-state index in [1.165, 1.54) is 6.92 Å². The summed E-state index contributed by atoms with van der Waals surface area (Å²) in [6.07, 6.45) is -0.941. The summed E-state index contributed by atoms with van der Waals surface area (Å²) < 4.78 is 10.8. The molecule has 29 heavy (non-hydrogen) atoms. The highest BCUT2D eigenvalue weighted by Crippen LogP contribution is 2.30. The zero-order valence-electron chi connectivity index (χ0n) is 15.4. The van der Waals surface area contributed by atoms with Crippen molar-refractivity contribution in [1.29, 1.82) is 0 Å². The van der Waals surface area contributed by atoms with Crippen LogP contribution < -0.4 is 20.3 Å². The van der Waals surface area contributed by atoms with Gasteiger partial charge < -0.3 is 9.47 Å². The Balaban J connectivity index is 1.96. The van der Waals surface area contributed by atoms with Crippen molar-refractivity contribution in [2.24, 2.45) is 0 Å². The molecule has 154 valence electrons. The van der Waals surface area contributed by atoms with Crippen molar-refractivity contribution in [2.75, 3.05) is 6.61 Å². The van der Waals surface area contributed by atoms with Crippen molar-refractivity contribution in [3.63, 3.8) is 0 Å². The number of carbonyl (C=O) groups is 2. The number of amides is 2. The molecule has 0 aliphatic carbocycles. The predicted molar refractivity (Wildman–Crippen MR) is 106 cm³/mol. The zero-order chi connectivity index (χ0) is 21.6. The molecule has 2 aromatic carbocycles. The Kier molecular flexibility index (Phi) is 7.63. The molecule has 9 nitrogen and oxygen atoms in total. The second kappa shape index (κ2) is 9.94. The molecular formula is C18H17Cl2N3O6. The first-order valence-electron chi connectivity index (χ1n) is 8.36. The molecule has 0 heterocycles. The number of benzene rings is 2. The smallest absolute Gasteiger partial charge is 0.288 e. The molecule has 2 rings (SSSR count). The average Bonchev–Trinajstić information content (AvgIpc) is 2.67. The maximum Gasteiger partial charge on any atom is 0.288 e. The second-order valence-corrected chi connectivity index (χ2v) is 6.46. The first kappa shape index (κ1) is 22.3. The minimum Gasteiger partial charge on any atom is -0.494 e. The number of halogens is 2. The normalized spacial score (nSPS) is 11.3. The summed E-state index contributed by atoms with van der Waals surface area (Å²) in [7, 11) is 0. The van der Waals surface area contributed by atoms with Gasteiger partial charge >= 0.3 is 0 Å². The van der Waals surface area contributed by atoms with Crippen molar-refractivity contribution in [1.82, 2.24) is 10.9 Å². The third-order valence-corrected chi connectivity index (χ3v) is 4.21. The van der Waals surface area contributed by atoms with Crippen LogP contribution in [-0.2, 0) is 4.79 Å². The van der Waals surface area contributed by atoms with E-state index in [2.05, 4.69) is 10.9 Å². The molecule has 2 amide bonds. The topological polar surface area (TPSA) is 120 Å². The number of ether oxygens (including phenoxy) is 2. The van der Waals surface area contributed by atoms with Gasteiger partial charge in [-0.25, -0.2) is 0 Å². The summed E-state index contributed by atoms with van der Waals surface area (Å²) >= 11 is 11.6. The fourth-order valence-electron chi connectivity index (χ4n) is 2.18. The summed E-state index contributed by atoms with van der Waals surface area (Å²) in [4.78, 5) is 34.5. The van der Waals surface area contributed by atoms with E-state index >= 15 is 0 Å². The number of hydrogen-bond acceptors (Lipinski definition) is 6. The van der Waals surface area contributed by atoms with Gasteiger partial charge in [-0.05, 0) is 44.2 Å². The van der Waals surface area contributed by atoms with Gasteiger partial charge in [0, 0.05) is 6.07 Å². The van der Waals surface area contributed by atoms with Crippen molar-refractivity contribution >= 4 is 40.7 Å². The van der Waals surface area contributed by atoms with Gasteiger partial charge in [0.05, 0.1) is 22.1 Å². The average molecular weight is 442 g/mol. The molecule has 0 fully saturated rings. The van der Waals surface area contributed by atoms with E-state index in [0.29, 0.717) is 18.1 Å². The third kappa shape index (κ3) is 5.97.